The summed E-state index contributed by atoms with van der Waals surface area (Å²) in [4.78, 5) is 2.54. The highest BCUT2D eigenvalue weighted by Crippen LogP contribution is 2.47. The average molecular weight is 578 g/mol. The molecule has 2 heteroatoms. The molecule has 1 aliphatic heterocycles. The third-order valence-electron chi connectivity index (χ3n) is 9.80. The standard InChI is InChI=1S/C42H31NSi/c1-44(2)40-24-11-9-22-37(40)43(38-23-10-12-25-41(38)44)39-27-29-26-36(31-21-13-15-28-14-3-4-16-30(28)31)32-17-5-7-19-34(32)42(29)35-20-8-6-18-33(35)39/h3-27H,1-2H3. The number of rotatable bonds is 2. The van der Waals surface area contributed by atoms with Crippen molar-refractivity contribution in [3.8, 4) is 11.1 Å². The first-order valence-corrected chi connectivity index (χ1v) is 18.5. The number of para-hydroxylation sites is 2. The van der Waals surface area contributed by atoms with E-state index < -0.39 is 8.07 Å². The third-order valence-corrected chi connectivity index (χ3v) is 13.3. The Labute approximate surface area is 258 Å². The summed E-state index contributed by atoms with van der Waals surface area (Å²) in [5.74, 6) is 0. The van der Waals surface area contributed by atoms with Gasteiger partial charge in [-0.25, -0.2) is 0 Å². The van der Waals surface area contributed by atoms with E-state index in [2.05, 4.69) is 170 Å². The summed E-state index contributed by atoms with van der Waals surface area (Å²) in [5, 5.41) is 13.2. The predicted octanol–water partition coefficient (Wildman–Crippen LogP) is 10.6. The van der Waals surface area contributed by atoms with Crippen molar-refractivity contribution in [3.05, 3.63) is 152 Å². The highest BCUT2D eigenvalue weighted by Gasteiger charge is 2.38. The molecule has 1 aliphatic rings. The molecule has 0 saturated carbocycles. The van der Waals surface area contributed by atoms with Gasteiger partial charge in [0.2, 0.25) is 0 Å². The molecule has 0 aromatic heterocycles. The zero-order chi connectivity index (χ0) is 29.4. The SMILES string of the molecule is C[Si]1(C)c2ccccc2N(c2cc3cc(-c4cccc5ccccc45)c4ccccc4c3c3ccccc23)c2ccccc21. The van der Waals surface area contributed by atoms with E-state index in [1.807, 2.05) is 0 Å². The van der Waals surface area contributed by atoms with Gasteiger partial charge in [-0.05, 0) is 83.5 Å². The Bertz CT molecular complexity index is 2380. The average Bonchev–Trinajstić information content (AvgIpc) is 3.08. The first kappa shape index (κ1) is 25.3. The lowest BCUT2D eigenvalue weighted by Gasteiger charge is -2.41. The number of nitrogens with zero attached hydrogens (tertiary/aromatic N) is 1. The molecule has 8 aromatic carbocycles. The molecule has 0 N–H and O–H groups in total. The lowest BCUT2D eigenvalue weighted by Crippen LogP contribution is -2.58. The highest BCUT2D eigenvalue weighted by atomic mass is 28.3. The summed E-state index contributed by atoms with van der Waals surface area (Å²) in [6.07, 6.45) is 0. The van der Waals surface area contributed by atoms with Gasteiger partial charge in [0, 0.05) is 16.8 Å². The van der Waals surface area contributed by atoms with Crippen LogP contribution in [0.15, 0.2) is 152 Å². The minimum Gasteiger partial charge on any atom is -0.310 e. The van der Waals surface area contributed by atoms with E-state index in [4.69, 9.17) is 0 Å². The topological polar surface area (TPSA) is 3.24 Å². The zero-order valence-electron chi connectivity index (χ0n) is 24.9. The van der Waals surface area contributed by atoms with Crippen molar-refractivity contribution in [2.75, 3.05) is 4.90 Å². The van der Waals surface area contributed by atoms with Crippen LogP contribution in [0.4, 0.5) is 17.1 Å². The Morgan fingerprint density at radius 1 is 0.386 bits per heavy atom. The third kappa shape index (κ3) is 3.52. The normalized spacial score (nSPS) is 13.8. The zero-order valence-corrected chi connectivity index (χ0v) is 25.9. The number of hydrogen-bond acceptors (Lipinski definition) is 1. The van der Waals surface area contributed by atoms with Gasteiger partial charge in [0.15, 0.2) is 0 Å². The van der Waals surface area contributed by atoms with Crippen molar-refractivity contribution in [2.45, 2.75) is 13.1 Å². The van der Waals surface area contributed by atoms with Gasteiger partial charge in [-0.15, -0.1) is 0 Å². The summed E-state index contributed by atoms with van der Waals surface area (Å²) in [5.41, 5.74) is 6.40. The Hall–Kier alpha value is -5.18. The van der Waals surface area contributed by atoms with E-state index in [-0.39, 0.29) is 0 Å². The molecule has 0 fully saturated rings. The molecule has 0 radical (unpaired) electrons. The molecular weight excluding hydrogens is 547 g/mol. The lowest BCUT2D eigenvalue weighted by atomic mass is 9.88. The Balaban J connectivity index is 1.43. The molecule has 9 rings (SSSR count). The van der Waals surface area contributed by atoms with Crippen LogP contribution in [0.1, 0.15) is 0 Å². The molecule has 0 saturated heterocycles. The number of fused-ring (bicyclic) bond motifs is 8. The maximum Gasteiger partial charge on any atom is 0.117 e. The molecule has 0 unspecified atom stereocenters. The second-order valence-electron chi connectivity index (χ2n) is 12.5. The van der Waals surface area contributed by atoms with Gasteiger partial charge in [0.1, 0.15) is 8.07 Å². The first-order valence-electron chi connectivity index (χ1n) is 15.5. The van der Waals surface area contributed by atoms with Crippen LogP contribution in [0.2, 0.25) is 13.1 Å². The molecule has 0 atom stereocenters. The van der Waals surface area contributed by atoms with Gasteiger partial charge in [0.25, 0.3) is 0 Å². The second-order valence-corrected chi connectivity index (χ2v) is 16.9. The fourth-order valence-electron chi connectivity index (χ4n) is 7.76. The van der Waals surface area contributed by atoms with Crippen LogP contribution in [-0.2, 0) is 0 Å². The van der Waals surface area contributed by atoms with Gasteiger partial charge >= 0.3 is 0 Å². The molecular formula is C42H31NSi. The van der Waals surface area contributed by atoms with Gasteiger partial charge in [-0.2, -0.15) is 0 Å². The smallest absolute Gasteiger partial charge is 0.117 e. The molecule has 208 valence electrons. The van der Waals surface area contributed by atoms with Crippen LogP contribution in [0, 0.1) is 0 Å². The molecule has 1 heterocycles. The van der Waals surface area contributed by atoms with Gasteiger partial charge < -0.3 is 4.90 Å². The van der Waals surface area contributed by atoms with E-state index in [9.17, 15) is 0 Å². The maximum atomic E-state index is 2.54. The van der Waals surface area contributed by atoms with Crippen LogP contribution in [0.5, 0.6) is 0 Å². The maximum absolute atomic E-state index is 2.54. The van der Waals surface area contributed by atoms with Gasteiger partial charge in [0.05, 0.1) is 5.69 Å². The quantitative estimate of drug-likeness (QED) is 0.146. The Morgan fingerprint density at radius 2 is 0.909 bits per heavy atom. The van der Waals surface area contributed by atoms with Crippen LogP contribution >= 0.6 is 0 Å². The fraction of sp³-hybridized carbons (Fsp3) is 0.0476. The summed E-state index contributed by atoms with van der Waals surface area (Å²) in [6, 6.07) is 56.4. The summed E-state index contributed by atoms with van der Waals surface area (Å²) >= 11 is 0. The minimum absolute atomic E-state index is 1.23. The summed E-state index contributed by atoms with van der Waals surface area (Å²) < 4.78 is 0. The van der Waals surface area contributed by atoms with Crippen LogP contribution in [0.25, 0.3) is 54.2 Å². The van der Waals surface area contributed by atoms with Crippen molar-refractivity contribution in [1.29, 1.82) is 0 Å². The molecule has 1 nitrogen and oxygen atoms in total. The van der Waals surface area contributed by atoms with Crippen molar-refractivity contribution in [2.24, 2.45) is 0 Å². The Kier molecular flexibility index (Phi) is 5.42. The molecule has 0 spiro atoms. The first-order chi connectivity index (χ1) is 21.6. The van der Waals surface area contributed by atoms with Crippen molar-refractivity contribution < 1.29 is 0 Å². The van der Waals surface area contributed by atoms with Crippen molar-refractivity contribution in [1.82, 2.24) is 0 Å². The molecule has 0 aliphatic carbocycles. The van der Waals surface area contributed by atoms with E-state index >= 15 is 0 Å². The van der Waals surface area contributed by atoms with Gasteiger partial charge in [-0.1, -0.05) is 140 Å². The van der Waals surface area contributed by atoms with Crippen molar-refractivity contribution >= 4 is 78.6 Å². The van der Waals surface area contributed by atoms with Crippen LogP contribution in [-0.4, -0.2) is 8.07 Å². The highest BCUT2D eigenvalue weighted by molar-refractivity contribution is 7.02. The summed E-state index contributed by atoms with van der Waals surface area (Å²) in [7, 11) is -1.88. The largest absolute Gasteiger partial charge is 0.310 e. The lowest BCUT2D eigenvalue weighted by molar-refractivity contribution is 1.30. The van der Waals surface area contributed by atoms with E-state index in [1.165, 1.54) is 81.7 Å². The molecule has 0 bridgehead atoms. The minimum atomic E-state index is -1.88. The number of hydrogen-bond donors (Lipinski definition) is 0. The van der Waals surface area contributed by atoms with Crippen LogP contribution in [0.3, 0.4) is 0 Å². The predicted molar refractivity (Wildman–Crippen MR) is 193 cm³/mol. The Morgan fingerprint density at radius 3 is 1.61 bits per heavy atom. The van der Waals surface area contributed by atoms with Crippen LogP contribution < -0.4 is 15.3 Å². The second kappa shape index (κ2) is 9.41. The molecule has 8 aromatic rings. The van der Waals surface area contributed by atoms with E-state index in [0.29, 0.717) is 0 Å². The molecule has 44 heavy (non-hydrogen) atoms. The van der Waals surface area contributed by atoms with Crippen molar-refractivity contribution in [3.63, 3.8) is 0 Å². The number of anilines is 3. The number of benzene rings is 8. The van der Waals surface area contributed by atoms with E-state index in [1.54, 1.807) is 0 Å². The summed E-state index contributed by atoms with van der Waals surface area (Å²) in [6.45, 7) is 4.98. The van der Waals surface area contributed by atoms with E-state index in [0.717, 1.165) is 0 Å². The molecule has 0 amide bonds. The fourth-order valence-corrected chi connectivity index (χ4v) is 10.7. The monoisotopic (exact) mass is 577 g/mol. The van der Waals surface area contributed by atoms with Gasteiger partial charge in [-0.3, -0.25) is 0 Å².